The molecule has 0 spiro atoms. The Morgan fingerprint density at radius 1 is 1.28 bits per heavy atom. The van der Waals surface area contributed by atoms with Crippen LogP contribution < -0.4 is 0 Å². The Bertz CT molecular complexity index is 426. The average Bonchev–Trinajstić information content (AvgIpc) is 2.96. The first-order valence-electron chi connectivity index (χ1n) is 6.06. The minimum absolute atomic E-state index is 0.0745. The summed E-state index contributed by atoms with van der Waals surface area (Å²) in [6, 6.07) is 2.05. The summed E-state index contributed by atoms with van der Waals surface area (Å²) in [6.07, 6.45) is 2.41. The van der Waals surface area contributed by atoms with E-state index in [1.807, 2.05) is 6.07 Å². The van der Waals surface area contributed by atoms with Crippen molar-refractivity contribution in [3.63, 3.8) is 0 Å². The molecule has 1 unspecified atom stereocenters. The Kier molecular flexibility index (Phi) is 3.01. The van der Waals surface area contributed by atoms with E-state index in [4.69, 9.17) is 5.11 Å². The van der Waals surface area contributed by atoms with Gasteiger partial charge in [0.2, 0.25) is 11.6 Å². The first-order chi connectivity index (χ1) is 8.43. The van der Waals surface area contributed by atoms with Gasteiger partial charge in [-0.25, -0.2) is 9.18 Å². The van der Waals surface area contributed by atoms with E-state index >= 15 is 0 Å². The van der Waals surface area contributed by atoms with Crippen LogP contribution in [0.2, 0.25) is 0 Å². The van der Waals surface area contributed by atoms with Gasteiger partial charge in [0.05, 0.1) is 12.6 Å². The highest BCUT2D eigenvalue weighted by Crippen LogP contribution is 2.40. The van der Waals surface area contributed by atoms with E-state index in [0.29, 0.717) is 12.8 Å². The monoisotopic (exact) mass is 254 g/mol. The standard InChI is InChI=1S/C12H15FN2O3/c13-12(10(17)18)5-6-15(8-12)9(16)11(7-14)3-1-2-4-11/h1-6,8H2,(H,17,18). The number of amides is 1. The number of rotatable bonds is 2. The Morgan fingerprint density at radius 3 is 2.33 bits per heavy atom. The van der Waals surface area contributed by atoms with Crippen molar-refractivity contribution in [3.8, 4) is 6.07 Å². The molecule has 2 rings (SSSR count). The van der Waals surface area contributed by atoms with Crippen LogP contribution in [0.5, 0.6) is 0 Å². The molecule has 18 heavy (non-hydrogen) atoms. The maximum absolute atomic E-state index is 13.9. The molecule has 6 heteroatoms. The summed E-state index contributed by atoms with van der Waals surface area (Å²) in [7, 11) is 0. The zero-order chi connectivity index (χ0) is 13.4. The van der Waals surface area contributed by atoms with E-state index in [1.54, 1.807) is 0 Å². The molecule has 0 bridgehead atoms. The van der Waals surface area contributed by atoms with Gasteiger partial charge in [-0.3, -0.25) is 4.79 Å². The molecule has 0 radical (unpaired) electrons. The lowest BCUT2D eigenvalue weighted by atomic mass is 9.86. The second kappa shape index (κ2) is 4.23. The SMILES string of the molecule is N#CC1(C(=O)N2CCC(F)(C(=O)O)C2)CCCC1. The second-order valence-corrected chi connectivity index (χ2v) is 5.15. The lowest BCUT2D eigenvalue weighted by Crippen LogP contribution is -2.44. The number of hydrogen-bond acceptors (Lipinski definition) is 3. The normalized spacial score (nSPS) is 30.1. The Hall–Kier alpha value is -1.64. The zero-order valence-electron chi connectivity index (χ0n) is 9.99. The van der Waals surface area contributed by atoms with Gasteiger partial charge in [-0.15, -0.1) is 0 Å². The number of carboxylic acid groups (broad SMARTS) is 1. The van der Waals surface area contributed by atoms with Crippen LogP contribution in [0.4, 0.5) is 4.39 Å². The van der Waals surface area contributed by atoms with E-state index < -0.39 is 29.5 Å². The Morgan fingerprint density at radius 2 is 1.89 bits per heavy atom. The van der Waals surface area contributed by atoms with Crippen LogP contribution in [-0.2, 0) is 9.59 Å². The van der Waals surface area contributed by atoms with Gasteiger partial charge in [-0.2, -0.15) is 5.26 Å². The van der Waals surface area contributed by atoms with Crippen LogP contribution in [0.25, 0.3) is 0 Å². The van der Waals surface area contributed by atoms with Gasteiger partial charge in [-0.05, 0) is 12.8 Å². The van der Waals surface area contributed by atoms with Crippen molar-refractivity contribution in [2.45, 2.75) is 37.8 Å². The maximum atomic E-state index is 13.9. The average molecular weight is 254 g/mol. The fourth-order valence-corrected chi connectivity index (χ4v) is 2.78. The molecule has 1 aliphatic heterocycles. The molecular formula is C12H15FN2O3. The maximum Gasteiger partial charge on any atom is 0.343 e. The third-order valence-corrected chi connectivity index (χ3v) is 3.97. The zero-order valence-corrected chi connectivity index (χ0v) is 9.99. The number of halogens is 1. The van der Waals surface area contributed by atoms with Gasteiger partial charge in [0, 0.05) is 13.0 Å². The highest BCUT2D eigenvalue weighted by atomic mass is 19.1. The molecule has 98 valence electrons. The molecule has 2 fully saturated rings. The molecule has 5 nitrogen and oxygen atoms in total. The van der Waals surface area contributed by atoms with Crippen LogP contribution >= 0.6 is 0 Å². The number of aliphatic carboxylic acids is 1. The minimum Gasteiger partial charge on any atom is -0.479 e. The Labute approximate surface area is 104 Å². The lowest BCUT2D eigenvalue weighted by molar-refractivity contribution is -0.150. The molecule has 1 heterocycles. The van der Waals surface area contributed by atoms with Crippen molar-refractivity contribution in [2.75, 3.05) is 13.1 Å². The van der Waals surface area contributed by atoms with Crippen molar-refractivity contribution in [1.82, 2.24) is 4.90 Å². The molecule has 1 aliphatic carbocycles. The van der Waals surface area contributed by atoms with E-state index in [0.717, 1.165) is 12.8 Å². The quantitative estimate of drug-likeness (QED) is 0.799. The number of carboxylic acids is 1. The van der Waals surface area contributed by atoms with Crippen molar-refractivity contribution in [1.29, 1.82) is 5.26 Å². The molecule has 0 aromatic heterocycles. The molecule has 1 N–H and O–H groups in total. The summed E-state index contributed by atoms with van der Waals surface area (Å²) in [6.45, 7) is -0.365. The van der Waals surface area contributed by atoms with E-state index in [-0.39, 0.29) is 13.0 Å². The fraction of sp³-hybridized carbons (Fsp3) is 0.750. The summed E-state index contributed by atoms with van der Waals surface area (Å²) in [4.78, 5) is 24.2. The Balaban J connectivity index is 2.13. The van der Waals surface area contributed by atoms with Crippen LogP contribution in [0.1, 0.15) is 32.1 Å². The van der Waals surface area contributed by atoms with Crippen molar-refractivity contribution in [3.05, 3.63) is 0 Å². The molecular weight excluding hydrogens is 239 g/mol. The number of nitriles is 1. The molecule has 2 aliphatic rings. The van der Waals surface area contributed by atoms with Crippen molar-refractivity contribution >= 4 is 11.9 Å². The number of carbonyl (C=O) groups excluding carboxylic acids is 1. The minimum atomic E-state index is -2.36. The van der Waals surface area contributed by atoms with Gasteiger partial charge in [-0.1, -0.05) is 12.8 Å². The van der Waals surface area contributed by atoms with Gasteiger partial charge in [0.1, 0.15) is 5.41 Å². The molecule has 1 saturated carbocycles. The fourth-order valence-electron chi connectivity index (χ4n) is 2.78. The van der Waals surface area contributed by atoms with Crippen LogP contribution in [0.3, 0.4) is 0 Å². The summed E-state index contributed by atoms with van der Waals surface area (Å²) >= 11 is 0. The summed E-state index contributed by atoms with van der Waals surface area (Å²) in [5.74, 6) is -1.93. The summed E-state index contributed by atoms with van der Waals surface area (Å²) in [5, 5.41) is 18.0. The van der Waals surface area contributed by atoms with Gasteiger partial charge < -0.3 is 10.0 Å². The number of nitrogens with zero attached hydrogens (tertiary/aromatic N) is 2. The van der Waals surface area contributed by atoms with Crippen LogP contribution in [0, 0.1) is 16.7 Å². The highest BCUT2D eigenvalue weighted by Gasteiger charge is 2.51. The van der Waals surface area contributed by atoms with Gasteiger partial charge in [0.15, 0.2) is 0 Å². The number of likely N-dealkylation sites (tertiary alicyclic amines) is 1. The molecule has 0 aromatic carbocycles. The predicted octanol–water partition coefficient (Wildman–Crippen LogP) is 1.10. The van der Waals surface area contributed by atoms with Crippen molar-refractivity contribution < 1.29 is 19.1 Å². The van der Waals surface area contributed by atoms with Crippen LogP contribution in [0.15, 0.2) is 0 Å². The smallest absolute Gasteiger partial charge is 0.343 e. The summed E-state index contributed by atoms with van der Waals surface area (Å²) in [5.41, 5.74) is -3.41. The van der Waals surface area contributed by atoms with Gasteiger partial charge in [0.25, 0.3) is 0 Å². The topological polar surface area (TPSA) is 81.4 Å². The van der Waals surface area contributed by atoms with E-state index in [2.05, 4.69) is 0 Å². The van der Waals surface area contributed by atoms with Crippen LogP contribution in [-0.4, -0.2) is 40.6 Å². The number of carbonyl (C=O) groups is 2. The van der Waals surface area contributed by atoms with E-state index in [9.17, 15) is 19.2 Å². The molecule has 1 saturated heterocycles. The van der Waals surface area contributed by atoms with Crippen molar-refractivity contribution in [2.24, 2.45) is 5.41 Å². The predicted molar refractivity (Wildman–Crippen MR) is 59.2 cm³/mol. The molecule has 0 aromatic rings. The first kappa shape index (κ1) is 12.8. The highest BCUT2D eigenvalue weighted by molar-refractivity contribution is 5.88. The molecule has 1 amide bonds. The van der Waals surface area contributed by atoms with Gasteiger partial charge >= 0.3 is 5.97 Å². The largest absolute Gasteiger partial charge is 0.479 e. The van der Waals surface area contributed by atoms with E-state index in [1.165, 1.54) is 4.90 Å². The lowest BCUT2D eigenvalue weighted by Gasteiger charge is -2.26. The summed E-state index contributed by atoms with van der Waals surface area (Å²) < 4.78 is 13.9. The molecule has 1 atom stereocenters. The third kappa shape index (κ3) is 1.84. The number of alkyl halides is 1. The number of hydrogen-bond donors (Lipinski definition) is 1. The first-order valence-corrected chi connectivity index (χ1v) is 6.06. The second-order valence-electron chi connectivity index (χ2n) is 5.15. The third-order valence-electron chi connectivity index (χ3n) is 3.97.